The number of ether oxygens (including phenoxy) is 2. The van der Waals surface area contributed by atoms with Crippen LogP contribution >= 0.6 is 15.9 Å². The Labute approximate surface area is 135 Å². The number of benzene rings is 1. The van der Waals surface area contributed by atoms with Crippen LogP contribution in [-0.4, -0.2) is 19.2 Å². The van der Waals surface area contributed by atoms with E-state index in [-0.39, 0.29) is 12.0 Å². The molecule has 0 saturated carbocycles. The molecule has 0 aliphatic heterocycles. The maximum atomic E-state index is 11.2. The zero-order chi connectivity index (χ0) is 15.7. The Kier molecular flexibility index (Phi) is 8.38. The van der Waals surface area contributed by atoms with Crippen molar-refractivity contribution in [1.82, 2.24) is 0 Å². The minimum absolute atomic E-state index is 0.0584. The fourth-order valence-electron chi connectivity index (χ4n) is 1.97. The molecule has 0 amide bonds. The van der Waals surface area contributed by atoms with Crippen molar-refractivity contribution >= 4 is 21.9 Å². The Bertz CT molecular complexity index is 449. The molecule has 5 heteroatoms. The molecule has 1 aromatic rings. The van der Waals surface area contributed by atoms with Gasteiger partial charge in [0.05, 0.1) is 13.2 Å². The summed E-state index contributed by atoms with van der Waals surface area (Å²) in [6.45, 7) is 4.83. The van der Waals surface area contributed by atoms with Gasteiger partial charge < -0.3 is 15.2 Å². The highest BCUT2D eigenvalue weighted by molar-refractivity contribution is 9.10. The molecule has 118 valence electrons. The maximum absolute atomic E-state index is 11.2. The van der Waals surface area contributed by atoms with Crippen LogP contribution in [0.4, 0.5) is 0 Å². The number of halogens is 1. The van der Waals surface area contributed by atoms with Gasteiger partial charge in [-0.3, -0.25) is 4.79 Å². The molecule has 0 saturated heterocycles. The first-order chi connectivity index (χ1) is 10.0. The van der Waals surface area contributed by atoms with E-state index in [4.69, 9.17) is 15.2 Å². The number of carbonyl (C=O) groups is 1. The zero-order valence-electron chi connectivity index (χ0n) is 12.7. The molecule has 1 aromatic carbocycles. The molecular formula is C16H24BrNO3. The van der Waals surface area contributed by atoms with Crippen LogP contribution in [0.3, 0.4) is 0 Å². The number of esters is 1. The standard InChI is InChI=1S/C16H24BrNO3/c1-3-20-16(19)7-5-4-6-10-21-15-11-13(17)8-9-14(15)12(2)18/h8-9,11-12H,3-7,10,18H2,1-2H3/t12-/m0/s1. The van der Waals surface area contributed by atoms with Crippen LogP contribution in [0, 0.1) is 0 Å². The lowest BCUT2D eigenvalue weighted by Gasteiger charge is -2.14. The van der Waals surface area contributed by atoms with Crippen LogP contribution in [0.15, 0.2) is 22.7 Å². The van der Waals surface area contributed by atoms with Gasteiger partial charge in [0.1, 0.15) is 5.75 Å². The lowest BCUT2D eigenvalue weighted by molar-refractivity contribution is -0.143. The first kappa shape index (κ1) is 18.0. The third-order valence-corrected chi connectivity index (χ3v) is 3.55. The molecular weight excluding hydrogens is 334 g/mol. The van der Waals surface area contributed by atoms with Crippen molar-refractivity contribution in [2.45, 2.75) is 45.6 Å². The monoisotopic (exact) mass is 357 g/mol. The van der Waals surface area contributed by atoms with Crippen LogP contribution in [0.25, 0.3) is 0 Å². The minimum atomic E-state index is -0.121. The molecule has 4 nitrogen and oxygen atoms in total. The van der Waals surface area contributed by atoms with E-state index in [2.05, 4.69) is 15.9 Å². The third-order valence-electron chi connectivity index (χ3n) is 3.05. The molecule has 0 unspecified atom stereocenters. The highest BCUT2D eigenvalue weighted by Crippen LogP contribution is 2.27. The summed E-state index contributed by atoms with van der Waals surface area (Å²) in [6, 6.07) is 5.82. The van der Waals surface area contributed by atoms with Crippen molar-refractivity contribution in [3.63, 3.8) is 0 Å². The highest BCUT2D eigenvalue weighted by atomic mass is 79.9. The Balaban J connectivity index is 2.29. The predicted molar refractivity (Wildman–Crippen MR) is 87.3 cm³/mol. The largest absolute Gasteiger partial charge is 0.493 e. The van der Waals surface area contributed by atoms with Gasteiger partial charge in [0.2, 0.25) is 0 Å². The number of hydrogen-bond acceptors (Lipinski definition) is 4. The average Bonchev–Trinajstić information content (AvgIpc) is 2.42. The quantitative estimate of drug-likeness (QED) is 0.536. The summed E-state index contributed by atoms with van der Waals surface area (Å²) < 4.78 is 11.7. The van der Waals surface area contributed by atoms with Gasteiger partial charge in [-0.15, -0.1) is 0 Å². The Morgan fingerprint density at radius 2 is 2.10 bits per heavy atom. The number of nitrogens with two attached hydrogens (primary N) is 1. The first-order valence-electron chi connectivity index (χ1n) is 7.38. The molecule has 0 heterocycles. The van der Waals surface area contributed by atoms with Gasteiger partial charge in [0.25, 0.3) is 0 Å². The number of unbranched alkanes of at least 4 members (excludes halogenated alkanes) is 2. The summed E-state index contributed by atoms with van der Waals surface area (Å²) in [4.78, 5) is 11.2. The van der Waals surface area contributed by atoms with Crippen LogP contribution in [0.2, 0.25) is 0 Å². The van der Waals surface area contributed by atoms with Crippen LogP contribution < -0.4 is 10.5 Å². The summed E-state index contributed by atoms with van der Waals surface area (Å²) in [6.07, 6.45) is 3.17. The van der Waals surface area contributed by atoms with Crippen molar-refractivity contribution < 1.29 is 14.3 Å². The van der Waals surface area contributed by atoms with E-state index in [1.165, 1.54) is 0 Å². The maximum Gasteiger partial charge on any atom is 0.305 e. The molecule has 21 heavy (non-hydrogen) atoms. The first-order valence-corrected chi connectivity index (χ1v) is 8.17. The molecule has 1 atom stereocenters. The molecule has 0 bridgehead atoms. The Hall–Kier alpha value is -1.07. The van der Waals surface area contributed by atoms with Gasteiger partial charge in [0.15, 0.2) is 0 Å². The molecule has 0 aromatic heterocycles. The second kappa shape index (κ2) is 9.79. The third kappa shape index (κ3) is 6.96. The van der Waals surface area contributed by atoms with Crippen LogP contribution in [0.1, 0.15) is 51.1 Å². The molecule has 0 spiro atoms. The smallest absolute Gasteiger partial charge is 0.305 e. The van der Waals surface area contributed by atoms with Gasteiger partial charge in [-0.25, -0.2) is 0 Å². The van der Waals surface area contributed by atoms with Crippen molar-refractivity contribution in [2.75, 3.05) is 13.2 Å². The summed E-state index contributed by atoms with van der Waals surface area (Å²) in [5.74, 6) is 0.703. The number of carbonyl (C=O) groups excluding carboxylic acids is 1. The predicted octanol–water partition coefficient (Wildman–Crippen LogP) is 3.97. The Morgan fingerprint density at radius 3 is 2.76 bits per heavy atom. The van der Waals surface area contributed by atoms with E-state index in [9.17, 15) is 4.79 Å². The van der Waals surface area contributed by atoms with Gasteiger partial charge in [-0.05, 0) is 45.2 Å². The molecule has 0 radical (unpaired) electrons. The van der Waals surface area contributed by atoms with Crippen molar-refractivity contribution in [1.29, 1.82) is 0 Å². The summed E-state index contributed by atoms with van der Waals surface area (Å²) >= 11 is 3.44. The second-order valence-electron chi connectivity index (χ2n) is 4.93. The lowest BCUT2D eigenvalue weighted by atomic mass is 10.1. The average molecular weight is 358 g/mol. The lowest BCUT2D eigenvalue weighted by Crippen LogP contribution is -2.09. The molecule has 1 rings (SSSR count). The zero-order valence-corrected chi connectivity index (χ0v) is 14.3. The Morgan fingerprint density at radius 1 is 1.33 bits per heavy atom. The normalized spacial score (nSPS) is 12.0. The molecule has 0 aliphatic carbocycles. The highest BCUT2D eigenvalue weighted by Gasteiger charge is 2.08. The second-order valence-corrected chi connectivity index (χ2v) is 5.85. The van der Waals surface area contributed by atoms with E-state index in [1.807, 2.05) is 32.0 Å². The molecule has 0 aliphatic rings. The topological polar surface area (TPSA) is 61.5 Å². The van der Waals surface area contributed by atoms with E-state index in [0.717, 1.165) is 35.0 Å². The summed E-state index contributed by atoms with van der Waals surface area (Å²) in [5, 5.41) is 0. The van der Waals surface area contributed by atoms with Crippen LogP contribution in [0.5, 0.6) is 5.75 Å². The summed E-state index contributed by atoms with van der Waals surface area (Å²) in [5.41, 5.74) is 6.94. The molecule has 2 N–H and O–H groups in total. The van der Waals surface area contributed by atoms with Gasteiger partial charge in [-0.2, -0.15) is 0 Å². The van der Waals surface area contributed by atoms with Gasteiger partial charge >= 0.3 is 5.97 Å². The van der Waals surface area contributed by atoms with Gasteiger partial charge in [-0.1, -0.05) is 22.0 Å². The van der Waals surface area contributed by atoms with E-state index in [0.29, 0.717) is 19.6 Å². The van der Waals surface area contributed by atoms with E-state index in [1.54, 1.807) is 0 Å². The summed E-state index contributed by atoms with van der Waals surface area (Å²) in [7, 11) is 0. The fraction of sp³-hybridized carbons (Fsp3) is 0.562. The number of hydrogen-bond donors (Lipinski definition) is 1. The van der Waals surface area contributed by atoms with Crippen molar-refractivity contribution in [3.05, 3.63) is 28.2 Å². The van der Waals surface area contributed by atoms with Crippen molar-refractivity contribution in [2.24, 2.45) is 5.73 Å². The van der Waals surface area contributed by atoms with E-state index >= 15 is 0 Å². The number of rotatable bonds is 9. The fourth-order valence-corrected chi connectivity index (χ4v) is 2.31. The SMILES string of the molecule is CCOC(=O)CCCCCOc1cc(Br)ccc1[C@H](C)N. The van der Waals surface area contributed by atoms with Crippen LogP contribution in [-0.2, 0) is 9.53 Å². The van der Waals surface area contributed by atoms with E-state index < -0.39 is 0 Å². The van der Waals surface area contributed by atoms with Gasteiger partial charge in [0, 0.05) is 22.5 Å². The van der Waals surface area contributed by atoms with Crippen molar-refractivity contribution in [3.8, 4) is 5.75 Å². The molecule has 0 fully saturated rings. The minimum Gasteiger partial charge on any atom is -0.493 e.